The minimum absolute atomic E-state index is 0.112. The predicted octanol–water partition coefficient (Wildman–Crippen LogP) is 2.73. The van der Waals surface area contributed by atoms with Gasteiger partial charge in [0.2, 0.25) is 0 Å². The van der Waals surface area contributed by atoms with Crippen molar-refractivity contribution < 1.29 is 13.7 Å². The molecule has 2 saturated heterocycles. The first-order chi connectivity index (χ1) is 11.6. The van der Waals surface area contributed by atoms with Crippen molar-refractivity contribution in [3.05, 3.63) is 40.4 Å². The molecule has 1 N–H and O–H groups in total. The first-order valence-electron chi connectivity index (χ1n) is 7.97. The Hall–Kier alpha value is -1.92. The summed E-state index contributed by atoms with van der Waals surface area (Å²) in [6.45, 7) is 4.93. The molecule has 0 aliphatic carbocycles. The third-order valence-electron chi connectivity index (χ3n) is 4.95. The summed E-state index contributed by atoms with van der Waals surface area (Å²) in [4.78, 5) is 14.8. The minimum Gasteiger partial charge on any atom is -0.360 e. The molecule has 0 saturated carbocycles. The number of nitrogens with one attached hydrogen (secondary N) is 1. The fourth-order valence-electron chi connectivity index (χ4n) is 3.70. The number of hydrogen-bond acceptors (Lipinski definition) is 4. The second-order valence-electron chi connectivity index (χ2n) is 6.45. The standard InChI is InChI=1S/C17H17ClFN3O2/c1-9-14(17(23)22-7-10-5-20-6-11(10)8-22)16(21-24-9)15-12(18)3-2-4-13(15)19/h2-4,10-11,20H,5-8H2,1H3/t10-,11+. The number of halogens is 2. The molecule has 0 unspecified atom stereocenters. The zero-order valence-corrected chi connectivity index (χ0v) is 13.9. The van der Waals surface area contributed by atoms with Gasteiger partial charge in [-0.15, -0.1) is 0 Å². The van der Waals surface area contributed by atoms with E-state index in [1.807, 2.05) is 4.90 Å². The van der Waals surface area contributed by atoms with E-state index in [1.54, 1.807) is 13.0 Å². The Morgan fingerprint density at radius 2 is 2.08 bits per heavy atom. The summed E-state index contributed by atoms with van der Waals surface area (Å²) < 4.78 is 19.5. The molecule has 126 valence electrons. The number of rotatable bonds is 2. The molecule has 7 heteroatoms. The first kappa shape index (κ1) is 15.6. The second kappa shape index (κ2) is 5.86. The lowest BCUT2D eigenvalue weighted by molar-refractivity contribution is 0.0780. The molecule has 1 aromatic heterocycles. The summed E-state index contributed by atoms with van der Waals surface area (Å²) >= 11 is 6.13. The SMILES string of the molecule is Cc1onc(-c2c(F)cccc2Cl)c1C(=O)N1C[C@H]2CNC[C@H]2C1. The molecule has 1 aromatic carbocycles. The van der Waals surface area contributed by atoms with Crippen LogP contribution < -0.4 is 5.32 Å². The van der Waals surface area contributed by atoms with Gasteiger partial charge in [-0.25, -0.2) is 4.39 Å². The number of carbonyl (C=O) groups is 1. The molecule has 0 spiro atoms. The predicted molar refractivity (Wildman–Crippen MR) is 87.4 cm³/mol. The third-order valence-corrected chi connectivity index (χ3v) is 5.27. The highest BCUT2D eigenvalue weighted by molar-refractivity contribution is 6.33. The van der Waals surface area contributed by atoms with Crippen molar-refractivity contribution in [3.8, 4) is 11.3 Å². The Kier molecular flexibility index (Phi) is 3.81. The van der Waals surface area contributed by atoms with E-state index in [1.165, 1.54) is 12.1 Å². The van der Waals surface area contributed by atoms with Gasteiger partial charge in [0.1, 0.15) is 22.8 Å². The molecular formula is C17H17ClFN3O2. The van der Waals surface area contributed by atoms with Crippen molar-refractivity contribution in [2.45, 2.75) is 6.92 Å². The minimum atomic E-state index is -0.521. The van der Waals surface area contributed by atoms with E-state index in [4.69, 9.17) is 16.1 Å². The quantitative estimate of drug-likeness (QED) is 0.905. The topological polar surface area (TPSA) is 58.4 Å². The largest absolute Gasteiger partial charge is 0.360 e. The molecule has 2 aliphatic heterocycles. The lowest BCUT2D eigenvalue weighted by Crippen LogP contribution is -2.32. The zero-order valence-electron chi connectivity index (χ0n) is 13.2. The molecule has 2 aromatic rings. The number of carbonyl (C=O) groups excluding carboxylic acids is 1. The lowest BCUT2D eigenvalue weighted by atomic mass is 10.0. The first-order valence-corrected chi connectivity index (χ1v) is 8.34. The molecule has 24 heavy (non-hydrogen) atoms. The molecule has 3 heterocycles. The number of amides is 1. The van der Waals surface area contributed by atoms with E-state index in [0.717, 1.165) is 13.1 Å². The van der Waals surface area contributed by atoms with Gasteiger partial charge in [-0.2, -0.15) is 0 Å². The Morgan fingerprint density at radius 1 is 1.38 bits per heavy atom. The van der Waals surface area contributed by atoms with E-state index in [2.05, 4.69) is 10.5 Å². The number of benzene rings is 1. The van der Waals surface area contributed by atoms with E-state index < -0.39 is 5.82 Å². The summed E-state index contributed by atoms with van der Waals surface area (Å²) in [7, 11) is 0. The highest BCUT2D eigenvalue weighted by Gasteiger charge is 2.40. The molecular weight excluding hydrogens is 333 g/mol. The van der Waals surface area contributed by atoms with Crippen LogP contribution in [0.25, 0.3) is 11.3 Å². The highest BCUT2D eigenvalue weighted by atomic mass is 35.5. The number of aromatic nitrogens is 1. The van der Waals surface area contributed by atoms with Gasteiger partial charge in [-0.3, -0.25) is 4.79 Å². The molecule has 2 aliphatic rings. The van der Waals surface area contributed by atoms with Crippen LogP contribution in [0.4, 0.5) is 4.39 Å². The van der Waals surface area contributed by atoms with Crippen LogP contribution in [0.1, 0.15) is 16.1 Å². The monoisotopic (exact) mass is 349 g/mol. The van der Waals surface area contributed by atoms with Gasteiger partial charge in [0.05, 0.1) is 10.6 Å². The van der Waals surface area contributed by atoms with Gasteiger partial charge < -0.3 is 14.7 Å². The van der Waals surface area contributed by atoms with Gasteiger partial charge >= 0.3 is 0 Å². The van der Waals surface area contributed by atoms with Gasteiger partial charge in [0.15, 0.2) is 0 Å². The molecule has 0 bridgehead atoms. The Bertz CT molecular complexity index is 775. The van der Waals surface area contributed by atoms with Crippen LogP contribution >= 0.6 is 11.6 Å². The summed E-state index contributed by atoms with van der Waals surface area (Å²) in [5.41, 5.74) is 0.589. The van der Waals surface area contributed by atoms with Crippen LogP contribution in [-0.4, -0.2) is 42.1 Å². The number of likely N-dealkylation sites (tertiary alicyclic amines) is 1. The Labute approximate surface area is 143 Å². The van der Waals surface area contributed by atoms with Crippen molar-refractivity contribution in [3.63, 3.8) is 0 Å². The van der Waals surface area contributed by atoms with Crippen LogP contribution in [0.2, 0.25) is 5.02 Å². The maximum Gasteiger partial charge on any atom is 0.259 e. The molecule has 0 radical (unpaired) electrons. The van der Waals surface area contributed by atoms with Gasteiger partial charge in [-0.05, 0) is 30.9 Å². The van der Waals surface area contributed by atoms with Crippen LogP contribution in [0.5, 0.6) is 0 Å². The fraction of sp³-hybridized carbons (Fsp3) is 0.412. The van der Waals surface area contributed by atoms with Gasteiger partial charge in [0.25, 0.3) is 5.91 Å². The van der Waals surface area contributed by atoms with Gasteiger partial charge in [-0.1, -0.05) is 22.8 Å². The van der Waals surface area contributed by atoms with Crippen molar-refractivity contribution in [1.82, 2.24) is 15.4 Å². The molecule has 5 nitrogen and oxygen atoms in total. The average molecular weight is 350 g/mol. The van der Waals surface area contributed by atoms with E-state index in [9.17, 15) is 9.18 Å². The summed E-state index contributed by atoms with van der Waals surface area (Å²) in [5.74, 6) is 0.651. The maximum absolute atomic E-state index is 14.3. The summed E-state index contributed by atoms with van der Waals surface area (Å²) in [6.07, 6.45) is 0. The van der Waals surface area contributed by atoms with Gasteiger partial charge in [0, 0.05) is 26.2 Å². The molecule has 1 amide bonds. The fourth-order valence-corrected chi connectivity index (χ4v) is 3.95. The third kappa shape index (κ3) is 2.41. The highest BCUT2D eigenvalue weighted by Crippen LogP contribution is 2.35. The average Bonchev–Trinajstić information content (AvgIpc) is 3.21. The van der Waals surface area contributed by atoms with Crippen LogP contribution in [0, 0.1) is 24.6 Å². The van der Waals surface area contributed by atoms with Crippen LogP contribution in [0.3, 0.4) is 0 Å². The number of fused-ring (bicyclic) bond motifs is 1. The Morgan fingerprint density at radius 3 is 2.75 bits per heavy atom. The molecule has 4 rings (SSSR count). The van der Waals surface area contributed by atoms with E-state index >= 15 is 0 Å². The van der Waals surface area contributed by atoms with Crippen LogP contribution in [0.15, 0.2) is 22.7 Å². The summed E-state index contributed by atoms with van der Waals surface area (Å²) in [5, 5.41) is 7.47. The smallest absolute Gasteiger partial charge is 0.259 e. The van der Waals surface area contributed by atoms with E-state index in [-0.39, 0.29) is 22.2 Å². The van der Waals surface area contributed by atoms with Crippen molar-refractivity contribution >= 4 is 17.5 Å². The van der Waals surface area contributed by atoms with Crippen LogP contribution in [-0.2, 0) is 0 Å². The number of hydrogen-bond donors (Lipinski definition) is 1. The van der Waals surface area contributed by atoms with E-state index in [0.29, 0.717) is 36.2 Å². The number of nitrogens with zero attached hydrogens (tertiary/aromatic N) is 2. The number of aryl methyl sites for hydroxylation is 1. The lowest BCUT2D eigenvalue weighted by Gasteiger charge is -2.17. The molecule has 2 fully saturated rings. The Balaban J connectivity index is 1.72. The maximum atomic E-state index is 14.3. The van der Waals surface area contributed by atoms with Crippen molar-refractivity contribution in [2.75, 3.05) is 26.2 Å². The van der Waals surface area contributed by atoms with Crippen molar-refractivity contribution in [2.24, 2.45) is 11.8 Å². The van der Waals surface area contributed by atoms with Crippen molar-refractivity contribution in [1.29, 1.82) is 0 Å². The zero-order chi connectivity index (χ0) is 16.8. The second-order valence-corrected chi connectivity index (χ2v) is 6.85. The molecule has 2 atom stereocenters. The normalized spacial score (nSPS) is 22.9. The summed E-state index contributed by atoms with van der Waals surface area (Å²) in [6, 6.07) is 4.39.